The smallest absolute Gasteiger partial charge is 0.341 e. The Morgan fingerprint density at radius 2 is 2.09 bits per heavy atom. The SMILES string of the molecule is CCOC(=O)c1ccsc1NC(=O)c1cccc(SCC)c1. The summed E-state index contributed by atoms with van der Waals surface area (Å²) in [7, 11) is 0. The van der Waals surface area contributed by atoms with Crippen LogP contribution in [0.4, 0.5) is 5.00 Å². The van der Waals surface area contributed by atoms with Crippen LogP contribution in [0.2, 0.25) is 0 Å². The lowest BCUT2D eigenvalue weighted by atomic mass is 10.2. The number of amides is 1. The third-order valence-electron chi connectivity index (χ3n) is 2.79. The molecule has 1 aromatic heterocycles. The van der Waals surface area contributed by atoms with Crippen LogP contribution < -0.4 is 5.32 Å². The molecule has 116 valence electrons. The first-order valence-electron chi connectivity index (χ1n) is 6.94. The van der Waals surface area contributed by atoms with Crippen LogP contribution in [0, 0.1) is 0 Å². The van der Waals surface area contributed by atoms with Gasteiger partial charge in [0.25, 0.3) is 5.91 Å². The molecule has 1 amide bonds. The van der Waals surface area contributed by atoms with Crippen molar-refractivity contribution in [1.82, 2.24) is 0 Å². The third-order valence-corrected chi connectivity index (χ3v) is 4.50. The average molecular weight is 335 g/mol. The molecule has 2 rings (SSSR count). The van der Waals surface area contributed by atoms with Gasteiger partial charge in [0, 0.05) is 10.5 Å². The molecule has 0 aliphatic rings. The fourth-order valence-electron chi connectivity index (χ4n) is 1.84. The Labute approximate surface area is 137 Å². The second kappa shape index (κ2) is 8.00. The molecule has 0 aliphatic heterocycles. The summed E-state index contributed by atoms with van der Waals surface area (Å²) in [5, 5.41) is 5.05. The maximum atomic E-state index is 12.3. The first kappa shape index (κ1) is 16.6. The number of hydrogen-bond donors (Lipinski definition) is 1. The number of ether oxygens (including phenoxy) is 1. The molecule has 1 aromatic carbocycles. The van der Waals surface area contributed by atoms with Crippen molar-refractivity contribution >= 4 is 40.0 Å². The Kier molecular flexibility index (Phi) is 6.03. The molecule has 1 N–H and O–H groups in total. The summed E-state index contributed by atoms with van der Waals surface area (Å²) in [6.07, 6.45) is 0. The highest BCUT2D eigenvalue weighted by molar-refractivity contribution is 7.99. The summed E-state index contributed by atoms with van der Waals surface area (Å²) >= 11 is 2.98. The van der Waals surface area contributed by atoms with Crippen molar-refractivity contribution in [2.45, 2.75) is 18.7 Å². The second-order valence-corrected chi connectivity index (χ2v) is 6.55. The molecule has 0 spiro atoms. The van der Waals surface area contributed by atoms with Crippen LogP contribution in [0.3, 0.4) is 0 Å². The largest absolute Gasteiger partial charge is 0.462 e. The van der Waals surface area contributed by atoms with Crippen LogP contribution in [-0.2, 0) is 4.74 Å². The van der Waals surface area contributed by atoms with Gasteiger partial charge in [0.05, 0.1) is 12.2 Å². The molecule has 1 heterocycles. The molecule has 4 nitrogen and oxygen atoms in total. The molecule has 0 saturated carbocycles. The van der Waals surface area contributed by atoms with Crippen LogP contribution in [0.15, 0.2) is 40.6 Å². The van der Waals surface area contributed by atoms with Gasteiger partial charge >= 0.3 is 5.97 Å². The number of thiophene rings is 1. The fraction of sp³-hybridized carbons (Fsp3) is 0.250. The normalized spacial score (nSPS) is 10.3. The molecule has 22 heavy (non-hydrogen) atoms. The van der Waals surface area contributed by atoms with Gasteiger partial charge in [-0.2, -0.15) is 0 Å². The van der Waals surface area contributed by atoms with E-state index in [0.717, 1.165) is 10.6 Å². The molecular weight excluding hydrogens is 318 g/mol. The Hall–Kier alpha value is -1.79. The van der Waals surface area contributed by atoms with Gasteiger partial charge in [-0.05, 0) is 42.3 Å². The van der Waals surface area contributed by atoms with Gasteiger partial charge in [-0.1, -0.05) is 13.0 Å². The molecule has 2 aromatic rings. The van der Waals surface area contributed by atoms with E-state index in [1.807, 2.05) is 18.2 Å². The first-order chi connectivity index (χ1) is 10.7. The minimum absolute atomic E-state index is 0.230. The van der Waals surface area contributed by atoms with E-state index in [1.165, 1.54) is 11.3 Å². The highest BCUT2D eigenvalue weighted by Crippen LogP contribution is 2.25. The highest BCUT2D eigenvalue weighted by atomic mass is 32.2. The predicted octanol–water partition coefficient (Wildman–Crippen LogP) is 4.29. The van der Waals surface area contributed by atoms with E-state index in [1.54, 1.807) is 36.2 Å². The number of rotatable bonds is 6. The molecule has 0 saturated heterocycles. The molecule has 0 unspecified atom stereocenters. The number of carbonyl (C=O) groups is 2. The van der Waals surface area contributed by atoms with E-state index < -0.39 is 5.97 Å². The quantitative estimate of drug-likeness (QED) is 0.632. The Morgan fingerprint density at radius 1 is 1.27 bits per heavy atom. The lowest BCUT2D eigenvalue weighted by molar-refractivity contribution is 0.0528. The molecule has 0 bridgehead atoms. The van der Waals surface area contributed by atoms with Crippen LogP contribution in [0.25, 0.3) is 0 Å². The van der Waals surface area contributed by atoms with Crippen LogP contribution in [0.5, 0.6) is 0 Å². The van der Waals surface area contributed by atoms with Crippen LogP contribution in [0.1, 0.15) is 34.6 Å². The zero-order valence-electron chi connectivity index (χ0n) is 12.4. The van der Waals surface area contributed by atoms with Gasteiger partial charge in [-0.15, -0.1) is 23.1 Å². The zero-order chi connectivity index (χ0) is 15.9. The number of benzene rings is 1. The maximum absolute atomic E-state index is 12.3. The molecule has 0 fully saturated rings. The maximum Gasteiger partial charge on any atom is 0.341 e. The van der Waals surface area contributed by atoms with Crippen LogP contribution >= 0.6 is 23.1 Å². The van der Waals surface area contributed by atoms with Gasteiger partial charge in [0.1, 0.15) is 5.00 Å². The molecule has 0 radical (unpaired) electrons. The van der Waals surface area contributed by atoms with E-state index in [9.17, 15) is 9.59 Å². The van der Waals surface area contributed by atoms with E-state index in [2.05, 4.69) is 12.2 Å². The molecular formula is C16H17NO3S2. The lowest BCUT2D eigenvalue weighted by Gasteiger charge is -2.07. The van der Waals surface area contributed by atoms with Crippen molar-refractivity contribution in [3.63, 3.8) is 0 Å². The van der Waals surface area contributed by atoms with E-state index in [0.29, 0.717) is 22.7 Å². The Balaban J connectivity index is 2.14. The summed E-state index contributed by atoms with van der Waals surface area (Å²) in [4.78, 5) is 25.2. The average Bonchev–Trinajstić information content (AvgIpc) is 2.96. The molecule has 0 aliphatic carbocycles. The summed E-state index contributed by atoms with van der Waals surface area (Å²) < 4.78 is 4.98. The van der Waals surface area contributed by atoms with Crippen molar-refractivity contribution in [1.29, 1.82) is 0 Å². The van der Waals surface area contributed by atoms with Gasteiger partial charge in [-0.25, -0.2) is 4.79 Å². The molecule has 6 heteroatoms. The summed E-state index contributed by atoms with van der Waals surface area (Å²) in [5.41, 5.74) is 0.959. The van der Waals surface area contributed by atoms with Crippen LogP contribution in [-0.4, -0.2) is 24.2 Å². The van der Waals surface area contributed by atoms with Crippen molar-refractivity contribution in [2.24, 2.45) is 0 Å². The van der Waals surface area contributed by atoms with Gasteiger partial charge in [-0.3, -0.25) is 4.79 Å². The third kappa shape index (κ3) is 4.11. The monoisotopic (exact) mass is 335 g/mol. The Bertz CT molecular complexity index is 667. The summed E-state index contributed by atoms with van der Waals surface area (Å²) in [6.45, 7) is 4.12. The predicted molar refractivity (Wildman–Crippen MR) is 91.1 cm³/mol. The lowest BCUT2D eigenvalue weighted by Crippen LogP contribution is -2.14. The number of carbonyl (C=O) groups excluding carboxylic acids is 2. The zero-order valence-corrected chi connectivity index (χ0v) is 14.1. The number of anilines is 1. The minimum atomic E-state index is -0.422. The van der Waals surface area contributed by atoms with Crippen molar-refractivity contribution in [3.05, 3.63) is 46.8 Å². The first-order valence-corrected chi connectivity index (χ1v) is 8.81. The fourth-order valence-corrected chi connectivity index (χ4v) is 3.33. The van der Waals surface area contributed by atoms with Gasteiger partial charge in [0.15, 0.2) is 0 Å². The van der Waals surface area contributed by atoms with Gasteiger partial charge < -0.3 is 10.1 Å². The molecule has 0 atom stereocenters. The number of thioether (sulfide) groups is 1. The number of hydrogen-bond acceptors (Lipinski definition) is 5. The van der Waals surface area contributed by atoms with Gasteiger partial charge in [0.2, 0.25) is 0 Å². The minimum Gasteiger partial charge on any atom is -0.462 e. The van der Waals surface area contributed by atoms with Crippen molar-refractivity contribution in [2.75, 3.05) is 17.7 Å². The Morgan fingerprint density at radius 3 is 2.82 bits per heavy atom. The summed E-state index contributed by atoms with van der Waals surface area (Å²) in [5.74, 6) is 0.295. The van der Waals surface area contributed by atoms with E-state index in [-0.39, 0.29) is 5.91 Å². The van der Waals surface area contributed by atoms with Crippen molar-refractivity contribution in [3.8, 4) is 0 Å². The topological polar surface area (TPSA) is 55.4 Å². The van der Waals surface area contributed by atoms with Crippen molar-refractivity contribution < 1.29 is 14.3 Å². The second-order valence-electron chi connectivity index (χ2n) is 4.30. The number of nitrogens with one attached hydrogen (secondary N) is 1. The standard InChI is InChI=1S/C16H17NO3S2/c1-3-20-16(19)13-8-9-22-15(13)17-14(18)11-6-5-7-12(10-11)21-4-2/h5-10H,3-4H2,1-2H3,(H,17,18). The van der Waals surface area contributed by atoms with E-state index >= 15 is 0 Å². The van der Waals surface area contributed by atoms with E-state index in [4.69, 9.17) is 4.74 Å². The highest BCUT2D eigenvalue weighted by Gasteiger charge is 2.16. The summed E-state index contributed by atoms with van der Waals surface area (Å²) in [6, 6.07) is 9.09. The number of esters is 1.